The molecule has 1 aromatic carbocycles. The van der Waals surface area contributed by atoms with Crippen LogP contribution in [-0.4, -0.2) is 48.1 Å². The van der Waals surface area contributed by atoms with E-state index >= 15 is 0 Å². The maximum atomic E-state index is 12.6. The number of non-ortho nitro benzene ring substituents is 1. The molecular formula is C14H19N3O4. The first-order chi connectivity index (χ1) is 10.0. The molecule has 7 nitrogen and oxygen atoms in total. The van der Waals surface area contributed by atoms with E-state index in [1.54, 1.807) is 11.0 Å². The Balaban J connectivity index is 2.32. The fraction of sp³-hybridized carbons (Fsp3) is 0.500. The number of benzene rings is 1. The Morgan fingerprint density at radius 1 is 1.57 bits per heavy atom. The Morgan fingerprint density at radius 3 is 2.95 bits per heavy atom. The molecule has 7 heteroatoms. The molecule has 0 aromatic heterocycles. The van der Waals surface area contributed by atoms with Crippen LogP contribution in [0.1, 0.15) is 24.2 Å². The molecule has 0 bridgehead atoms. The van der Waals surface area contributed by atoms with Crippen LogP contribution in [0.5, 0.6) is 0 Å². The number of nitrogens with one attached hydrogen (secondary N) is 1. The first kappa shape index (κ1) is 15.2. The summed E-state index contributed by atoms with van der Waals surface area (Å²) in [5, 5.41) is 14.0. The van der Waals surface area contributed by atoms with E-state index in [-0.39, 0.29) is 17.7 Å². The van der Waals surface area contributed by atoms with Gasteiger partial charge in [-0.3, -0.25) is 14.9 Å². The van der Waals surface area contributed by atoms with Crippen molar-refractivity contribution in [2.45, 2.75) is 20.0 Å². The maximum absolute atomic E-state index is 12.6. The molecule has 0 spiro atoms. The van der Waals surface area contributed by atoms with Crippen LogP contribution >= 0.6 is 0 Å². The molecule has 1 unspecified atom stereocenters. The number of hydrogen-bond acceptors (Lipinski definition) is 5. The second-order valence-electron chi connectivity index (χ2n) is 4.95. The highest BCUT2D eigenvalue weighted by atomic mass is 16.6. The Labute approximate surface area is 123 Å². The standard InChI is InChI=1S/C14H19N3O4/c1-3-15-13-5-4-11(17(19)20)8-12(13)14(18)16-6-7-21-10(2)9-16/h4-5,8,10,15H,3,6-7,9H2,1-2H3. The van der Waals surface area contributed by atoms with Crippen molar-refractivity contribution in [2.75, 3.05) is 31.6 Å². The first-order valence-corrected chi connectivity index (χ1v) is 6.96. The largest absolute Gasteiger partial charge is 0.385 e. The van der Waals surface area contributed by atoms with Crippen LogP contribution in [0.2, 0.25) is 0 Å². The van der Waals surface area contributed by atoms with Gasteiger partial charge in [0.25, 0.3) is 11.6 Å². The Kier molecular flexibility index (Phi) is 4.74. The van der Waals surface area contributed by atoms with Gasteiger partial charge in [-0.2, -0.15) is 0 Å². The summed E-state index contributed by atoms with van der Waals surface area (Å²) in [6.07, 6.45) is -0.0241. The predicted octanol–water partition coefficient (Wildman–Crippen LogP) is 1.89. The molecule has 1 N–H and O–H groups in total. The molecule has 1 aromatic rings. The molecule has 1 aliphatic heterocycles. The lowest BCUT2D eigenvalue weighted by Gasteiger charge is -2.31. The minimum Gasteiger partial charge on any atom is -0.385 e. The van der Waals surface area contributed by atoms with Crippen LogP contribution < -0.4 is 5.32 Å². The number of anilines is 1. The SMILES string of the molecule is CCNc1ccc([N+](=O)[O-])cc1C(=O)N1CCOC(C)C1. The number of morpholine rings is 1. The summed E-state index contributed by atoms with van der Waals surface area (Å²) >= 11 is 0. The minimum atomic E-state index is -0.492. The van der Waals surface area contributed by atoms with E-state index in [0.717, 1.165) is 0 Å². The van der Waals surface area contributed by atoms with Crippen LogP contribution in [0.3, 0.4) is 0 Å². The van der Waals surface area contributed by atoms with E-state index in [2.05, 4.69) is 5.32 Å². The topological polar surface area (TPSA) is 84.7 Å². The first-order valence-electron chi connectivity index (χ1n) is 6.96. The van der Waals surface area contributed by atoms with Gasteiger partial charge < -0.3 is 15.0 Å². The van der Waals surface area contributed by atoms with Crippen LogP contribution in [0.4, 0.5) is 11.4 Å². The van der Waals surface area contributed by atoms with Crippen molar-refractivity contribution in [2.24, 2.45) is 0 Å². The van der Waals surface area contributed by atoms with Crippen LogP contribution in [0, 0.1) is 10.1 Å². The third kappa shape index (κ3) is 3.49. The zero-order chi connectivity index (χ0) is 15.4. The molecule has 0 aliphatic carbocycles. The number of rotatable bonds is 4. The average molecular weight is 293 g/mol. The molecule has 1 saturated heterocycles. The number of nitro groups is 1. The fourth-order valence-corrected chi connectivity index (χ4v) is 2.34. The molecule has 1 fully saturated rings. The molecule has 114 valence electrons. The van der Waals surface area contributed by atoms with E-state index in [1.165, 1.54) is 12.1 Å². The molecule has 1 atom stereocenters. The smallest absolute Gasteiger partial charge is 0.270 e. The van der Waals surface area contributed by atoms with E-state index in [0.29, 0.717) is 37.5 Å². The van der Waals surface area contributed by atoms with Gasteiger partial charge in [0.15, 0.2) is 0 Å². The average Bonchev–Trinajstić information content (AvgIpc) is 2.47. The molecule has 21 heavy (non-hydrogen) atoms. The van der Waals surface area contributed by atoms with Crippen molar-refractivity contribution in [3.05, 3.63) is 33.9 Å². The molecule has 1 amide bonds. The number of amides is 1. The minimum absolute atomic E-state index is 0.0241. The zero-order valence-corrected chi connectivity index (χ0v) is 12.2. The normalized spacial score (nSPS) is 18.4. The van der Waals surface area contributed by atoms with Crippen molar-refractivity contribution in [3.63, 3.8) is 0 Å². The lowest BCUT2D eigenvalue weighted by atomic mass is 10.1. The van der Waals surface area contributed by atoms with Crippen LogP contribution in [0.25, 0.3) is 0 Å². The third-order valence-corrected chi connectivity index (χ3v) is 3.34. The number of ether oxygens (including phenoxy) is 1. The monoisotopic (exact) mass is 293 g/mol. The highest BCUT2D eigenvalue weighted by molar-refractivity contribution is 6.00. The molecule has 2 rings (SSSR count). The van der Waals surface area contributed by atoms with Gasteiger partial charge in [-0.25, -0.2) is 0 Å². The van der Waals surface area contributed by atoms with Gasteiger partial charge in [-0.05, 0) is 19.9 Å². The summed E-state index contributed by atoms with van der Waals surface area (Å²) in [6, 6.07) is 4.32. The summed E-state index contributed by atoms with van der Waals surface area (Å²) in [5.41, 5.74) is 0.869. The molecule has 1 aliphatic rings. The maximum Gasteiger partial charge on any atom is 0.270 e. The summed E-state index contributed by atoms with van der Waals surface area (Å²) in [5.74, 6) is -0.204. The number of carbonyl (C=O) groups is 1. The van der Waals surface area contributed by atoms with Gasteiger partial charge in [0.2, 0.25) is 0 Å². The highest BCUT2D eigenvalue weighted by Gasteiger charge is 2.25. The number of carbonyl (C=O) groups excluding carboxylic acids is 1. The number of nitrogens with zero attached hydrogens (tertiary/aromatic N) is 2. The number of nitro benzene ring substituents is 1. The Hall–Kier alpha value is -2.15. The fourth-order valence-electron chi connectivity index (χ4n) is 2.34. The van der Waals surface area contributed by atoms with Crippen molar-refractivity contribution in [1.29, 1.82) is 0 Å². The Morgan fingerprint density at radius 2 is 2.33 bits per heavy atom. The van der Waals surface area contributed by atoms with E-state index in [9.17, 15) is 14.9 Å². The molecule has 1 heterocycles. The van der Waals surface area contributed by atoms with Crippen molar-refractivity contribution in [3.8, 4) is 0 Å². The second kappa shape index (κ2) is 6.53. The van der Waals surface area contributed by atoms with Crippen LogP contribution in [0.15, 0.2) is 18.2 Å². The van der Waals surface area contributed by atoms with Gasteiger partial charge >= 0.3 is 0 Å². The van der Waals surface area contributed by atoms with Crippen molar-refractivity contribution < 1.29 is 14.5 Å². The van der Waals surface area contributed by atoms with Crippen LogP contribution in [-0.2, 0) is 4.74 Å². The summed E-state index contributed by atoms with van der Waals surface area (Å²) < 4.78 is 5.42. The van der Waals surface area contributed by atoms with E-state index < -0.39 is 4.92 Å². The quantitative estimate of drug-likeness (QED) is 0.677. The zero-order valence-electron chi connectivity index (χ0n) is 12.2. The summed E-state index contributed by atoms with van der Waals surface area (Å²) in [4.78, 5) is 24.7. The highest BCUT2D eigenvalue weighted by Crippen LogP contribution is 2.24. The Bertz CT molecular complexity index is 547. The summed E-state index contributed by atoms with van der Waals surface area (Å²) in [6.45, 7) is 5.92. The lowest BCUT2D eigenvalue weighted by Crippen LogP contribution is -2.44. The predicted molar refractivity (Wildman–Crippen MR) is 78.6 cm³/mol. The lowest BCUT2D eigenvalue weighted by molar-refractivity contribution is -0.384. The van der Waals surface area contributed by atoms with Gasteiger partial charge in [0.05, 0.1) is 23.2 Å². The van der Waals surface area contributed by atoms with Crippen molar-refractivity contribution in [1.82, 2.24) is 4.90 Å². The van der Waals surface area contributed by atoms with E-state index in [1.807, 2.05) is 13.8 Å². The summed E-state index contributed by atoms with van der Waals surface area (Å²) in [7, 11) is 0. The van der Waals surface area contributed by atoms with Gasteiger partial charge in [-0.1, -0.05) is 0 Å². The van der Waals surface area contributed by atoms with Gasteiger partial charge in [0.1, 0.15) is 0 Å². The molecular weight excluding hydrogens is 274 g/mol. The molecule has 0 radical (unpaired) electrons. The number of hydrogen-bond donors (Lipinski definition) is 1. The third-order valence-electron chi connectivity index (χ3n) is 3.34. The second-order valence-corrected chi connectivity index (χ2v) is 4.95. The van der Waals surface area contributed by atoms with Gasteiger partial charge in [0, 0.05) is 37.5 Å². The van der Waals surface area contributed by atoms with E-state index in [4.69, 9.17) is 4.74 Å². The van der Waals surface area contributed by atoms with Crippen molar-refractivity contribution >= 4 is 17.3 Å². The molecule has 0 saturated carbocycles. The van der Waals surface area contributed by atoms with Gasteiger partial charge in [-0.15, -0.1) is 0 Å².